The fraction of sp³-hybridized carbons (Fsp3) is 0.933. The highest BCUT2D eigenvalue weighted by molar-refractivity contribution is 5.81. The number of hydrogen-bond acceptors (Lipinski definition) is 3. The number of amides is 1. The Kier molecular flexibility index (Phi) is 7.39. The molecule has 4 heteroatoms. The zero-order valence-electron chi connectivity index (χ0n) is 13.0. The van der Waals surface area contributed by atoms with E-state index in [1.165, 1.54) is 25.7 Å². The van der Waals surface area contributed by atoms with Gasteiger partial charge < -0.3 is 15.5 Å². The van der Waals surface area contributed by atoms with Crippen molar-refractivity contribution >= 4 is 5.91 Å². The minimum absolute atomic E-state index is 0.106. The van der Waals surface area contributed by atoms with E-state index in [1.807, 2.05) is 13.8 Å². The van der Waals surface area contributed by atoms with Crippen LogP contribution in [0.2, 0.25) is 0 Å². The standard InChI is InChI=1S/C15H31N3O/c1-5-12(2)17-15(19)13(3)16-10-11-18(4)14-8-6-7-9-14/h12-14,16H,5-11H2,1-4H3,(H,17,19). The maximum absolute atomic E-state index is 11.9. The van der Waals surface area contributed by atoms with Gasteiger partial charge in [-0.15, -0.1) is 0 Å². The summed E-state index contributed by atoms with van der Waals surface area (Å²) in [5, 5.41) is 6.32. The van der Waals surface area contributed by atoms with Crippen molar-refractivity contribution in [1.82, 2.24) is 15.5 Å². The largest absolute Gasteiger partial charge is 0.352 e. The summed E-state index contributed by atoms with van der Waals surface area (Å²) in [6, 6.07) is 0.912. The summed E-state index contributed by atoms with van der Waals surface area (Å²) >= 11 is 0. The third-order valence-electron chi connectivity index (χ3n) is 4.26. The smallest absolute Gasteiger partial charge is 0.237 e. The van der Waals surface area contributed by atoms with Gasteiger partial charge in [-0.05, 0) is 40.2 Å². The maximum Gasteiger partial charge on any atom is 0.237 e. The van der Waals surface area contributed by atoms with Crippen molar-refractivity contribution in [1.29, 1.82) is 0 Å². The van der Waals surface area contributed by atoms with E-state index in [0.717, 1.165) is 25.6 Å². The molecule has 1 saturated carbocycles. The first-order chi connectivity index (χ1) is 9.04. The third-order valence-corrected chi connectivity index (χ3v) is 4.26. The Morgan fingerprint density at radius 2 is 1.95 bits per heavy atom. The van der Waals surface area contributed by atoms with Crippen LogP contribution in [0.3, 0.4) is 0 Å². The van der Waals surface area contributed by atoms with E-state index in [0.29, 0.717) is 0 Å². The average Bonchev–Trinajstić information content (AvgIpc) is 2.92. The molecule has 2 N–H and O–H groups in total. The summed E-state index contributed by atoms with van der Waals surface area (Å²) in [6.07, 6.45) is 6.39. The van der Waals surface area contributed by atoms with Crippen molar-refractivity contribution in [3.05, 3.63) is 0 Å². The van der Waals surface area contributed by atoms with Crippen LogP contribution in [0.15, 0.2) is 0 Å². The van der Waals surface area contributed by atoms with Crippen LogP contribution in [-0.2, 0) is 4.79 Å². The molecule has 1 aliphatic carbocycles. The SMILES string of the molecule is CCC(C)NC(=O)C(C)NCCN(C)C1CCCC1. The molecule has 0 spiro atoms. The van der Waals surface area contributed by atoms with E-state index in [2.05, 4.69) is 29.5 Å². The summed E-state index contributed by atoms with van der Waals surface area (Å²) < 4.78 is 0. The first-order valence-corrected chi connectivity index (χ1v) is 7.78. The predicted molar refractivity (Wildman–Crippen MR) is 80.2 cm³/mol. The molecule has 0 heterocycles. The Morgan fingerprint density at radius 1 is 1.32 bits per heavy atom. The van der Waals surface area contributed by atoms with Gasteiger partial charge in [0.05, 0.1) is 6.04 Å². The molecule has 112 valence electrons. The molecular weight excluding hydrogens is 238 g/mol. The van der Waals surface area contributed by atoms with Crippen molar-refractivity contribution in [3.63, 3.8) is 0 Å². The molecular formula is C15H31N3O. The molecule has 1 aliphatic rings. The third kappa shape index (κ3) is 5.91. The summed E-state index contributed by atoms with van der Waals surface area (Å²) in [5.74, 6) is 0.109. The number of nitrogens with one attached hydrogen (secondary N) is 2. The Hall–Kier alpha value is -0.610. The van der Waals surface area contributed by atoms with Crippen molar-refractivity contribution < 1.29 is 4.79 Å². The van der Waals surface area contributed by atoms with Gasteiger partial charge in [-0.25, -0.2) is 0 Å². The molecule has 0 saturated heterocycles. The van der Waals surface area contributed by atoms with Crippen LogP contribution in [-0.4, -0.2) is 49.1 Å². The Balaban J connectivity index is 2.15. The lowest BCUT2D eigenvalue weighted by atomic mass is 10.2. The minimum Gasteiger partial charge on any atom is -0.352 e. The molecule has 0 aromatic rings. The monoisotopic (exact) mass is 269 g/mol. The lowest BCUT2D eigenvalue weighted by molar-refractivity contribution is -0.123. The topological polar surface area (TPSA) is 44.4 Å². The van der Waals surface area contributed by atoms with Gasteiger partial charge in [0.1, 0.15) is 0 Å². The molecule has 0 aromatic carbocycles. The number of rotatable bonds is 8. The number of carbonyl (C=O) groups excluding carboxylic acids is 1. The quantitative estimate of drug-likeness (QED) is 0.705. The summed E-state index contributed by atoms with van der Waals surface area (Å²) in [5.41, 5.74) is 0. The molecule has 1 rings (SSSR count). The van der Waals surface area contributed by atoms with E-state index in [-0.39, 0.29) is 18.0 Å². The lowest BCUT2D eigenvalue weighted by Crippen LogP contribution is -2.47. The van der Waals surface area contributed by atoms with Gasteiger partial charge in [-0.3, -0.25) is 4.79 Å². The second-order valence-corrected chi connectivity index (χ2v) is 5.91. The summed E-state index contributed by atoms with van der Waals surface area (Å²) in [4.78, 5) is 14.3. The Labute approximate surface area is 118 Å². The van der Waals surface area contributed by atoms with Crippen molar-refractivity contribution in [2.45, 2.75) is 71.0 Å². The van der Waals surface area contributed by atoms with Crippen molar-refractivity contribution in [2.24, 2.45) is 0 Å². The number of carbonyl (C=O) groups is 1. The molecule has 2 atom stereocenters. The van der Waals surface area contributed by atoms with Crippen LogP contribution in [0.4, 0.5) is 0 Å². The van der Waals surface area contributed by atoms with Crippen LogP contribution >= 0.6 is 0 Å². The Bertz CT molecular complexity index is 264. The van der Waals surface area contributed by atoms with Gasteiger partial charge in [0.15, 0.2) is 0 Å². The summed E-state index contributed by atoms with van der Waals surface area (Å²) in [6.45, 7) is 7.96. The fourth-order valence-corrected chi connectivity index (χ4v) is 2.55. The number of nitrogens with zero attached hydrogens (tertiary/aromatic N) is 1. The second-order valence-electron chi connectivity index (χ2n) is 5.91. The van der Waals surface area contributed by atoms with E-state index in [9.17, 15) is 4.79 Å². The number of hydrogen-bond donors (Lipinski definition) is 2. The average molecular weight is 269 g/mol. The maximum atomic E-state index is 11.9. The molecule has 19 heavy (non-hydrogen) atoms. The minimum atomic E-state index is -0.106. The van der Waals surface area contributed by atoms with E-state index in [4.69, 9.17) is 0 Å². The summed E-state index contributed by atoms with van der Waals surface area (Å²) in [7, 11) is 2.20. The van der Waals surface area contributed by atoms with Crippen LogP contribution in [0.25, 0.3) is 0 Å². The molecule has 4 nitrogen and oxygen atoms in total. The molecule has 0 aromatic heterocycles. The normalized spacial score (nSPS) is 19.6. The molecule has 2 unspecified atom stereocenters. The predicted octanol–water partition coefficient (Wildman–Crippen LogP) is 1.75. The van der Waals surface area contributed by atoms with Crippen molar-refractivity contribution in [3.8, 4) is 0 Å². The first-order valence-electron chi connectivity index (χ1n) is 7.78. The highest BCUT2D eigenvalue weighted by Crippen LogP contribution is 2.21. The lowest BCUT2D eigenvalue weighted by Gasteiger charge is -2.25. The molecule has 1 amide bonds. The molecule has 1 fully saturated rings. The van der Waals surface area contributed by atoms with E-state index in [1.54, 1.807) is 0 Å². The molecule has 0 radical (unpaired) electrons. The van der Waals surface area contributed by atoms with E-state index < -0.39 is 0 Å². The van der Waals surface area contributed by atoms with Crippen LogP contribution < -0.4 is 10.6 Å². The van der Waals surface area contributed by atoms with Gasteiger partial charge >= 0.3 is 0 Å². The first kappa shape index (κ1) is 16.4. The van der Waals surface area contributed by atoms with Crippen LogP contribution in [0.1, 0.15) is 52.9 Å². The van der Waals surface area contributed by atoms with Crippen LogP contribution in [0, 0.1) is 0 Å². The van der Waals surface area contributed by atoms with Crippen LogP contribution in [0.5, 0.6) is 0 Å². The van der Waals surface area contributed by atoms with E-state index >= 15 is 0 Å². The molecule has 0 aliphatic heterocycles. The number of likely N-dealkylation sites (N-methyl/N-ethyl adjacent to an activating group) is 1. The zero-order chi connectivity index (χ0) is 14.3. The Morgan fingerprint density at radius 3 is 2.53 bits per heavy atom. The van der Waals surface area contributed by atoms with Gasteiger partial charge in [0.2, 0.25) is 5.91 Å². The van der Waals surface area contributed by atoms with Crippen molar-refractivity contribution in [2.75, 3.05) is 20.1 Å². The highest BCUT2D eigenvalue weighted by Gasteiger charge is 2.19. The highest BCUT2D eigenvalue weighted by atomic mass is 16.2. The van der Waals surface area contributed by atoms with Gasteiger partial charge in [0.25, 0.3) is 0 Å². The van der Waals surface area contributed by atoms with Gasteiger partial charge in [0, 0.05) is 25.2 Å². The fourth-order valence-electron chi connectivity index (χ4n) is 2.55. The second kappa shape index (κ2) is 8.54. The van der Waals surface area contributed by atoms with Gasteiger partial charge in [-0.2, -0.15) is 0 Å². The van der Waals surface area contributed by atoms with Gasteiger partial charge in [-0.1, -0.05) is 19.8 Å². The zero-order valence-corrected chi connectivity index (χ0v) is 13.0. The molecule has 0 bridgehead atoms.